The molecule has 0 spiro atoms. The second kappa shape index (κ2) is 18.2. The molecule has 0 rings (SSSR count). The van der Waals surface area contributed by atoms with E-state index in [1.165, 1.54) is 7.28 Å². The molecule has 1 unspecified atom stereocenters. The quantitative estimate of drug-likeness (QED) is 0.0305. The summed E-state index contributed by atoms with van der Waals surface area (Å²) in [7, 11) is 1.41. The van der Waals surface area contributed by atoms with E-state index in [2.05, 4.69) is 71.9 Å². The van der Waals surface area contributed by atoms with Crippen molar-refractivity contribution in [3.8, 4) is 0 Å². The molecule has 3 amide bonds. The van der Waals surface area contributed by atoms with Gasteiger partial charge in [-0.15, -0.1) is 0 Å². The zero-order valence-electron chi connectivity index (χ0n) is 27.2. The SMILES string of the molecule is C[B]C(=O)[C@@](N)(S)CCCCNC(=O)COCCOCCNC(=O)C(C)(C)CC(C)(C)NC(=O)C(C)(I)CC(C)(C)C. The van der Waals surface area contributed by atoms with Crippen LogP contribution in [-0.2, 0) is 28.7 Å². The van der Waals surface area contributed by atoms with Crippen molar-refractivity contribution in [2.45, 2.75) is 108 Å². The fourth-order valence-corrected chi connectivity index (χ4v) is 6.34. The molecule has 0 aliphatic carbocycles. The molecule has 0 aromatic heterocycles. The summed E-state index contributed by atoms with van der Waals surface area (Å²) >= 11 is 6.42. The lowest BCUT2D eigenvalue weighted by Crippen LogP contribution is -2.54. The molecule has 10 nitrogen and oxygen atoms in total. The standard InChI is InChI=1S/C29H55BIN4O6S/c1-25(2,3)19-28(8,31)24(39)35-27(6,7)20-26(4,5)23(38)34-14-15-40-16-17-41-18-21(36)33-13-11-10-12-29(32,42)22(37)30-9/h42H,10-20,32H2,1-9H3,(H,33,36)(H,34,38)(H,35,39)/t28?,29-/m0/s1. The molecule has 0 bridgehead atoms. The summed E-state index contributed by atoms with van der Waals surface area (Å²) in [4.78, 5) is 48.2. The second-order valence-electron chi connectivity index (χ2n) is 13.6. The van der Waals surface area contributed by atoms with Gasteiger partial charge in [0.05, 0.1) is 23.2 Å². The van der Waals surface area contributed by atoms with Crippen molar-refractivity contribution in [3.05, 3.63) is 0 Å². The largest absolute Gasteiger partial charge is 0.377 e. The maximum Gasteiger partial charge on any atom is 0.245 e. The first-order valence-corrected chi connectivity index (χ1v) is 16.1. The Bertz CT molecular complexity index is 894. The molecule has 0 aromatic carbocycles. The highest BCUT2D eigenvalue weighted by Crippen LogP contribution is 2.35. The van der Waals surface area contributed by atoms with Gasteiger partial charge in [-0.1, -0.05) is 64.0 Å². The zero-order valence-corrected chi connectivity index (χ0v) is 30.3. The lowest BCUT2D eigenvalue weighted by molar-refractivity contribution is -0.132. The first-order valence-electron chi connectivity index (χ1n) is 14.6. The number of rotatable bonds is 21. The number of ether oxygens (including phenoxy) is 2. The number of nitrogens with one attached hydrogen (secondary N) is 3. The number of unbranched alkanes of at least 4 members (excludes halogenated alkanes) is 1. The Morgan fingerprint density at radius 1 is 0.833 bits per heavy atom. The lowest BCUT2D eigenvalue weighted by atomic mass is 9.72. The van der Waals surface area contributed by atoms with E-state index in [1.807, 2.05) is 34.6 Å². The van der Waals surface area contributed by atoms with E-state index in [1.54, 1.807) is 6.82 Å². The minimum Gasteiger partial charge on any atom is -0.377 e. The van der Waals surface area contributed by atoms with Crippen molar-refractivity contribution in [1.82, 2.24) is 16.0 Å². The number of thiol groups is 1. The molecule has 5 N–H and O–H groups in total. The van der Waals surface area contributed by atoms with Gasteiger partial charge in [-0.25, -0.2) is 0 Å². The maximum absolute atomic E-state index is 13.0. The molecule has 243 valence electrons. The van der Waals surface area contributed by atoms with Gasteiger partial charge < -0.3 is 36.0 Å². The lowest BCUT2D eigenvalue weighted by Gasteiger charge is -2.38. The van der Waals surface area contributed by atoms with E-state index in [0.29, 0.717) is 45.4 Å². The third-order valence-corrected chi connectivity index (χ3v) is 7.73. The van der Waals surface area contributed by atoms with Crippen LogP contribution in [0.4, 0.5) is 0 Å². The molecule has 0 aliphatic rings. The van der Waals surface area contributed by atoms with E-state index in [9.17, 15) is 19.2 Å². The van der Waals surface area contributed by atoms with Crippen molar-refractivity contribution < 1.29 is 28.7 Å². The van der Waals surface area contributed by atoms with Gasteiger partial charge in [-0.05, 0) is 58.3 Å². The predicted octanol–water partition coefficient (Wildman–Crippen LogP) is 3.23. The first kappa shape index (κ1) is 41.1. The van der Waals surface area contributed by atoms with Crippen LogP contribution in [0.1, 0.15) is 87.5 Å². The third-order valence-electron chi connectivity index (χ3n) is 6.42. The first-order chi connectivity index (χ1) is 19.0. The van der Waals surface area contributed by atoms with Crippen molar-refractivity contribution in [3.63, 3.8) is 0 Å². The summed E-state index contributed by atoms with van der Waals surface area (Å²) in [6, 6.07) is 0. The fraction of sp³-hybridized carbons (Fsp3) is 0.862. The third kappa shape index (κ3) is 18.0. The summed E-state index contributed by atoms with van der Waals surface area (Å²) < 4.78 is 10.3. The average Bonchev–Trinajstić information content (AvgIpc) is 2.82. The van der Waals surface area contributed by atoms with Crippen LogP contribution in [0.2, 0.25) is 6.82 Å². The summed E-state index contributed by atoms with van der Waals surface area (Å²) in [5.74, 6) is -0.376. The van der Waals surface area contributed by atoms with Crippen LogP contribution in [0.25, 0.3) is 0 Å². The smallest absolute Gasteiger partial charge is 0.245 e. The molecule has 0 heterocycles. The Morgan fingerprint density at radius 2 is 1.43 bits per heavy atom. The molecule has 0 aliphatic heterocycles. The summed E-state index contributed by atoms with van der Waals surface area (Å²) in [5.41, 5.74) is 4.39. The highest BCUT2D eigenvalue weighted by molar-refractivity contribution is 14.1. The van der Waals surface area contributed by atoms with Crippen LogP contribution in [0.5, 0.6) is 0 Å². The topological polar surface area (TPSA) is 149 Å². The molecule has 0 saturated heterocycles. The summed E-state index contributed by atoms with van der Waals surface area (Å²) in [5, 5.41) is 8.81. The van der Waals surface area contributed by atoms with Crippen molar-refractivity contribution in [1.29, 1.82) is 0 Å². The number of alkyl halides is 1. The van der Waals surface area contributed by atoms with Gasteiger partial charge in [0, 0.05) is 24.0 Å². The van der Waals surface area contributed by atoms with Gasteiger partial charge in [-0.3, -0.25) is 14.4 Å². The normalized spacial score (nSPS) is 15.2. The number of amides is 3. The number of carbonyl (C=O) groups excluding carboxylic acids is 4. The summed E-state index contributed by atoms with van der Waals surface area (Å²) in [6.45, 7) is 19.1. The van der Waals surface area contributed by atoms with Gasteiger partial charge >= 0.3 is 0 Å². The van der Waals surface area contributed by atoms with Gasteiger partial charge in [0.1, 0.15) is 17.2 Å². The molecular formula is C29H55BIN4O6S. The Morgan fingerprint density at radius 3 is 2.00 bits per heavy atom. The molecule has 0 fully saturated rings. The van der Waals surface area contributed by atoms with Crippen LogP contribution < -0.4 is 21.7 Å². The number of hydrogen-bond acceptors (Lipinski definition) is 8. The van der Waals surface area contributed by atoms with Gasteiger partial charge in [0.2, 0.25) is 25.0 Å². The molecular weight excluding hydrogens is 670 g/mol. The molecule has 0 aromatic rings. The van der Waals surface area contributed by atoms with Gasteiger partial charge in [0.25, 0.3) is 0 Å². The molecule has 13 heteroatoms. The van der Waals surface area contributed by atoms with Crippen molar-refractivity contribution in [2.24, 2.45) is 16.6 Å². The van der Waals surface area contributed by atoms with Crippen LogP contribution in [0, 0.1) is 10.8 Å². The minimum absolute atomic E-state index is 0.0175. The average molecular weight is 726 g/mol. The molecule has 2 atom stereocenters. The van der Waals surface area contributed by atoms with E-state index < -0.39 is 19.2 Å². The van der Waals surface area contributed by atoms with Crippen molar-refractivity contribution >= 4 is 65.9 Å². The predicted molar refractivity (Wildman–Crippen MR) is 181 cm³/mol. The highest BCUT2D eigenvalue weighted by Gasteiger charge is 2.40. The number of nitrogens with two attached hydrogens (primary N) is 1. The Labute approximate surface area is 273 Å². The van der Waals surface area contributed by atoms with E-state index in [4.69, 9.17) is 15.2 Å². The fourth-order valence-electron chi connectivity index (χ4n) is 4.78. The van der Waals surface area contributed by atoms with E-state index in [-0.39, 0.29) is 48.6 Å². The number of halogens is 1. The number of hydrogen-bond donors (Lipinski definition) is 5. The summed E-state index contributed by atoms with van der Waals surface area (Å²) in [6.07, 6.45) is 2.96. The Kier molecular flexibility index (Phi) is 17.8. The van der Waals surface area contributed by atoms with Crippen molar-refractivity contribution in [2.75, 3.05) is 39.5 Å². The van der Waals surface area contributed by atoms with Gasteiger partial charge in [0.15, 0.2) is 0 Å². The Hall–Kier alpha value is -0.895. The van der Waals surface area contributed by atoms with E-state index >= 15 is 0 Å². The minimum atomic E-state index is -1.17. The highest BCUT2D eigenvalue weighted by atomic mass is 127. The maximum atomic E-state index is 13.0. The zero-order chi connectivity index (χ0) is 32.8. The van der Waals surface area contributed by atoms with E-state index in [0.717, 1.165) is 6.42 Å². The molecule has 42 heavy (non-hydrogen) atoms. The van der Waals surface area contributed by atoms with Crippen LogP contribution in [0.3, 0.4) is 0 Å². The van der Waals surface area contributed by atoms with Crippen LogP contribution in [0.15, 0.2) is 0 Å². The molecule has 1 radical (unpaired) electrons. The second-order valence-corrected chi connectivity index (χ2v) is 16.8. The molecule has 0 saturated carbocycles. The van der Waals surface area contributed by atoms with Gasteiger partial charge in [-0.2, -0.15) is 12.6 Å². The monoisotopic (exact) mass is 725 g/mol. The Balaban J connectivity index is 4.17. The van der Waals surface area contributed by atoms with Crippen LogP contribution in [-0.4, -0.2) is 84.0 Å². The van der Waals surface area contributed by atoms with Crippen LogP contribution >= 0.6 is 35.2 Å². The number of carbonyl (C=O) groups is 4.